The number of benzene rings is 2. The molecule has 1 aliphatic rings. The Morgan fingerprint density at radius 3 is 2.47 bits per heavy atom. The number of piperidine rings is 1. The number of para-hydroxylation sites is 1. The normalized spacial score (nSPS) is 19.3. The van der Waals surface area contributed by atoms with Crippen molar-refractivity contribution in [3.63, 3.8) is 0 Å². The molecular formula is C23H29IN6. The molecule has 2 heterocycles. The highest BCUT2D eigenvalue weighted by Crippen LogP contribution is 2.32. The molecule has 1 saturated heterocycles. The highest BCUT2D eigenvalue weighted by Gasteiger charge is 2.28. The van der Waals surface area contributed by atoms with Gasteiger partial charge in [0.05, 0.1) is 6.54 Å². The van der Waals surface area contributed by atoms with Gasteiger partial charge in [-0.1, -0.05) is 55.5 Å². The van der Waals surface area contributed by atoms with Gasteiger partial charge in [0.2, 0.25) is 0 Å². The van der Waals surface area contributed by atoms with Crippen molar-refractivity contribution in [3.05, 3.63) is 78.4 Å². The lowest BCUT2D eigenvalue weighted by Gasteiger charge is -2.38. The van der Waals surface area contributed by atoms with Crippen molar-refractivity contribution in [2.45, 2.75) is 25.8 Å². The molecule has 1 N–H and O–H groups in total. The maximum Gasteiger partial charge on any atom is 0.194 e. The second-order valence-corrected chi connectivity index (χ2v) is 7.58. The van der Waals surface area contributed by atoms with E-state index in [1.165, 1.54) is 5.56 Å². The second kappa shape index (κ2) is 10.6. The van der Waals surface area contributed by atoms with Gasteiger partial charge in [0, 0.05) is 25.8 Å². The van der Waals surface area contributed by atoms with Gasteiger partial charge in [-0.2, -0.15) is 0 Å². The molecule has 1 fully saturated rings. The molecule has 30 heavy (non-hydrogen) atoms. The van der Waals surface area contributed by atoms with Crippen LogP contribution in [0.2, 0.25) is 0 Å². The predicted octanol–water partition coefficient (Wildman–Crippen LogP) is 4.09. The van der Waals surface area contributed by atoms with E-state index >= 15 is 0 Å². The van der Waals surface area contributed by atoms with Crippen molar-refractivity contribution in [2.75, 3.05) is 20.1 Å². The van der Waals surface area contributed by atoms with Crippen LogP contribution in [0.5, 0.6) is 0 Å². The van der Waals surface area contributed by atoms with Gasteiger partial charge in [0.25, 0.3) is 0 Å². The van der Waals surface area contributed by atoms with E-state index in [0.717, 1.165) is 37.0 Å². The molecule has 1 aromatic heterocycles. The van der Waals surface area contributed by atoms with Gasteiger partial charge in [-0.15, -0.1) is 34.2 Å². The zero-order chi connectivity index (χ0) is 20.1. The topological polar surface area (TPSA) is 58.3 Å². The number of rotatable bonds is 4. The smallest absolute Gasteiger partial charge is 0.194 e. The minimum atomic E-state index is 0. The zero-order valence-corrected chi connectivity index (χ0v) is 19.8. The molecule has 6 nitrogen and oxygen atoms in total. The van der Waals surface area contributed by atoms with Crippen LogP contribution in [-0.4, -0.2) is 45.8 Å². The van der Waals surface area contributed by atoms with Crippen LogP contribution in [0.15, 0.2) is 72.0 Å². The quantitative estimate of drug-likeness (QED) is 0.323. The molecule has 0 radical (unpaired) electrons. The first-order valence-corrected chi connectivity index (χ1v) is 10.2. The third kappa shape index (κ3) is 5.00. The zero-order valence-electron chi connectivity index (χ0n) is 17.5. The van der Waals surface area contributed by atoms with Crippen LogP contribution < -0.4 is 5.32 Å². The lowest BCUT2D eigenvalue weighted by molar-refractivity contribution is 0.234. The summed E-state index contributed by atoms with van der Waals surface area (Å²) in [5.41, 5.74) is 2.50. The van der Waals surface area contributed by atoms with Crippen molar-refractivity contribution in [1.29, 1.82) is 0 Å². The van der Waals surface area contributed by atoms with Crippen molar-refractivity contribution in [1.82, 2.24) is 25.0 Å². The Bertz CT molecular complexity index is 941. The van der Waals surface area contributed by atoms with Crippen molar-refractivity contribution < 1.29 is 0 Å². The standard InChI is InChI=1S/C23H28N6.HI/c1-18-16-28(14-13-21(18)19-9-5-3-6-10-19)23(24-2)25-15-22-27-26-17-29(22)20-11-7-4-8-12-20;/h3-12,17-18,21H,13-16H2,1-2H3,(H,24,25);1H. The molecule has 0 amide bonds. The lowest BCUT2D eigenvalue weighted by Crippen LogP contribution is -2.47. The fourth-order valence-corrected chi connectivity index (χ4v) is 4.21. The van der Waals surface area contributed by atoms with Gasteiger partial charge in [0.15, 0.2) is 11.8 Å². The molecule has 2 aromatic carbocycles. The Morgan fingerprint density at radius 2 is 1.80 bits per heavy atom. The van der Waals surface area contributed by atoms with E-state index in [4.69, 9.17) is 0 Å². The fourth-order valence-electron chi connectivity index (χ4n) is 4.21. The van der Waals surface area contributed by atoms with Gasteiger partial charge in [-0.25, -0.2) is 0 Å². The van der Waals surface area contributed by atoms with Crippen LogP contribution >= 0.6 is 24.0 Å². The summed E-state index contributed by atoms with van der Waals surface area (Å²) < 4.78 is 2.00. The summed E-state index contributed by atoms with van der Waals surface area (Å²) in [5, 5.41) is 11.9. The lowest BCUT2D eigenvalue weighted by atomic mass is 9.82. The molecule has 3 aromatic rings. The Balaban J connectivity index is 0.00000256. The van der Waals surface area contributed by atoms with E-state index in [2.05, 4.69) is 74.8 Å². The van der Waals surface area contributed by atoms with Crippen molar-refractivity contribution >= 4 is 29.9 Å². The van der Waals surface area contributed by atoms with Crippen LogP contribution in [0.25, 0.3) is 5.69 Å². The summed E-state index contributed by atoms with van der Waals surface area (Å²) in [6.45, 7) is 4.90. The number of halogens is 1. The summed E-state index contributed by atoms with van der Waals surface area (Å²) in [7, 11) is 1.85. The molecule has 0 aliphatic carbocycles. The molecule has 2 unspecified atom stereocenters. The Labute approximate surface area is 195 Å². The minimum Gasteiger partial charge on any atom is -0.349 e. The maximum atomic E-state index is 4.52. The summed E-state index contributed by atoms with van der Waals surface area (Å²) in [5.74, 6) is 2.96. The summed E-state index contributed by atoms with van der Waals surface area (Å²) in [6.07, 6.45) is 2.88. The van der Waals surface area contributed by atoms with Gasteiger partial charge in [0.1, 0.15) is 6.33 Å². The third-order valence-electron chi connectivity index (χ3n) is 5.70. The largest absolute Gasteiger partial charge is 0.349 e. The van der Waals surface area contributed by atoms with Crippen LogP contribution in [0.1, 0.15) is 30.7 Å². The molecule has 1 aliphatic heterocycles. The first-order chi connectivity index (χ1) is 14.3. The molecule has 2 atom stereocenters. The maximum absolute atomic E-state index is 4.52. The molecular weight excluding hydrogens is 487 g/mol. The summed E-state index contributed by atoms with van der Waals surface area (Å²) in [4.78, 5) is 6.87. The Morgan fingerprint density at radius 1 is 1.10 bits per heavy atom. The van der Waals surface area contributed by atoms with Gasteiger partial charge in [-0.05, 0) is 36.0 Å². The predicted molar refractivity (Wildman–Crippen MR) is 132 cm³/mol. The molecule has 0 saturated carbocycles. The van der Waals surface area contributed by atoms with E-state index in [1.54, 1.807) is 6.33 Å². The number of guanidine groups is 1. The van der Waals surface area contributed by atoms with Crippen molar-refractivity contribution in [3.8, 4) is 5.69 Å². The number of aliphatic imine (C=N–C) groups is 1. The van der Waals surface area contributed by atoms with E-state index < -0.39 is 0 Å². The molecule has 4 rings (SSSR count). The number of nitrogens with one attached hydrogen (secondary N) is 1. The molecule has 0 bridgehead atoms. The highest BCUT2D eigenvalue weighted by atomic mass is 127. The highest BCUT2D eigenvalue weighted by molar-refractivity contribution is 14.0. The monoisotopic (exact) mass is 516 g/mol. The number of likely N-dealkylation sites (tertiary alicyclic amines) is 1. The SMILES string of the molecule is CN=C(NCc1nncn1-c1ccccc1)N1CCC(c2ccccc2)C(C)C1.I. The van der Waals surface area contributed by atoms with Crippen LogP contribution in [-0.2, 0) is 6.54 Å². The number of hydrogen-bond donors (Lipinski definition) is 1. The number of aromatic nitrogens is 3. The number of nitrogens with zero attached hydrogens (tertiary/aromatic N) is 5. The molecule has 0 spiro atoms. The van der Waals surface area contributed by atoms with Gasteiger partial charge in [-0.3, -0.25) is 9.56 Å². The second-order valence-electron chi connectivity index (χ2n) is 7.58. The average molecular weight is 516 g/mol. The first-order valence-electron chi connectivity index (χ1n) is 10.2. The van der Waals surface area contributed by atoms with Gasteiger partial charge < -0.3 is 10.2 Å². The van der Waals surface area contributed by atoms with Crippen LogP contribution in [0.4, 0.5) is 0 Å². The number of hydrogen-bond acceptors (Lipinski definition) is 3. The van der Waals surface area contributed by atoms with Gasteiger partial charge >= 0.3 is 0 Å². The summed E-state index contributed by atoms with van der Waals surface area (Å²) in [6, 6.07) is 21.0. The summed E-state index contributed by atoms with van der Waals surface area (Å²) >= 11 is 0. The van der Waals surface area contributed by atoms with E-state index in [-0.39, 0.29) is 24.0 Å². The minimum absolute atomic E-state index is 0. The Kier molecular flexibility index (Phi) is 7.84. The molecule has 7 heteroatoms. The van der Waals surface area contributed by atoms with Crippen LogP contribution in [0, 0.1) is 5.92 Å². The average Bonchev–Trinajstić information content (AvgIpc) is 3.24. The third-order valence-corrected chi connectivity index (χ3v) is 5.70. The van der Waals surface area contributed by atoms with E-state index in [9.17, 15) is 0 Å². The fraction of sp³-hybridized carbons (Fsp3) is 0.348. The Hall–Kier alpha value is -2.42. The van der Waals surface area contributed by atoms with E-state index in [0.29, 0.717) is 18.4 Å². The van der Waals surface area contributed by atoms with E-state index in [1.807, 2.05) is 29.8 Å². The van der Waals surface area contributed by atoms with Crippen LogP contribution in [0.3, 0.4) is 0 Å². The first kappa shape index (κ1) is 22.3. The molecule has 158 valence electrons. The van der Waals surface area contributed by atoms with Crippen molar-refractivity contribution in [2.24, 2.45) is 10.9 Å².